The van der Waals surface area contributed by atoms with Crippen molar-refractivity contribution in [3.05, 3.63) is 102 Å². The molecule has 0 bridgehead atoms. The highest BCUT2D eigenvalue weighted by molar-refractivity contribution is 5.80. The Labute approximate surface area is 185 Å². The summed E-state index contributed by atoms with van der Waals surface area (Å²) in [7, 11) is 0. The lowest BCUT2D eigenvalue weighted by Gasteiger charge is -2.06. The smallest absolute Gasteiger partial charge is 0.235 e. The summed E-state index contributed by atoms with van der Waals surface area (Å²) in [6.07, 6.45) is 5.32. The van der Waals surface area contributed by atoms with Gasteiger partial charge in [0.25, 0.3) is 0 Å². The van der Waals surface area contributed by atoms with E-state index in [0.29, 0.717) is 30.7 Å². The molecule has 0 aliphatic rings. The zero-order valence-electron chi connectivity index (χ0n) is 17.5. The number of aromatic nitrogens is 5. The molecule has 0 saturated carbocycles. The maximum absolute atomic E-state index is 5.97. The minimum Gasteiger partial charge on any atom is -0.369 e. The molecular formula is C25H21N5O2. The highest BCUT2D eigenvalue weighted by Crippen LogP contribution is 2.34. The lowest BCUT2D eigenvalue weighted by molar-refractivity contribution is 0.101. The Morgan fingerprint density at radius 2 is 1.59 bits per heavy atom. The molecule has 0 aliphatic carbocycles. The van der Waals surface area contributed by atoms with E-state index >= 15 is 0 Å². The van der Waals surface area contributed by atoms with Crippen LogP contribution in [0.1, 0.15) is 17.1 Å². The standard InChI is InChI=1S/C25H21N5O2/c1-18-23(24(29-32-18)20-11-6-3-7-12-20)21-15-30(25-26-13-8-14-27-25)22(28-21)17-31-16-19-9-4-2-5-10-19/h2-15H,16-17H2,1H3. The van der Waals surface area contributed by atoms with Gasteiger partial charge in [-0.2, -0.15) is 0 Å². The minimum absolute atomic E-state index is 0.304. The predicted octanol–water partition coefficient (Wildman–Crippen LogP) is 5.01. The number of benzene rings is 2. The predicted molar refractivity (Wildman–Crippen MR) is 120 cm³/mol. The van der Waals surface area contributed by atoms with Crippen molar-refractivity contribution < 1.29 is 9.26 Å². The van der Waals surface area contributed by atoms with Gasteiger partial charge in [-0.15, -0.1) is 0 Å². The Balaban J connectivity index is 1.51. The van der Waals surface area contributed by atoms with Gasteiger partial charge in [0.05, 0.1) is 17.9 Å². The van der Waals surface area contributed by atoms with E-state index in [4.69, 9.17) is 14.2 Å². The molecule has 0 aliphatic heterocycles. The number of aryl methyl sites for hydroxylation is 1. The molecule has 0 atom stereocenters. The van der Waals surface area contributed by atoms with Crippen LogP contribution in [0.25, 0.3) is 28.5 Å². The number of imidazole rings is 1. The van der Waals surface area contributed by atoms with Crippen LogP contribution in [0.2, 0.25) is 0 Å². The van der Waals surface area contributed by atoms with Crippen molar-refractivity contribution in [3.63, 3.8) is 0 Å². The maximum Gasteiger partial charge on any atom is 0.235 e. The van der Waals surface area contributed by atoms with Gasteiger partial charge in [0.1, 0.15) is 23.9 Å². The molecule has 7 nitrogen and oxygen atoms in total. The average molecular weight is 423 g/mol. The van der Waals surface area contributed by atoms with Crippen molar-refractivity contribution in [2.24, 2.45) is 0 Å². The van der Waals surface area contributed by atoms with Crippen LogP contribution in [-0.4, -0.2) is 24.7 Å². The minimum atomic E-state index is 0.304. The van der Waals surface area contributed by atoms with Crippen LogP contribution in [0.15, 0.2) is 89.8 Å². The number of hydrogen-bond donors (Lipinski definition) is 0. The highest BCUT2D eigenvalue weighted by atomic mass is 16.5. The van der Waals surface area contributed by atoms with E-state index in [2.05, 4.69) is 15.1 Å². The summed E-state index contributed by atoms with van der Waals surface area (Å²) in [4.78, 5) is 13.6. The lowest BCUT2D eigenvalue weighted by atomic mass is 10.0. The molecule has 0 unspecified atom stereocenters. The number of hydrogen-bond acceptors (Lipinski definition) is 6. The Kier molecular flexibility index (Phi) is 5.55. The largest absolute Gasteiger partial charge is 0.369 e. The fraction of sp³-hybridized carbons (Fsp3) is 0.120. The molecule has 3 aromatic heterocycles. The van der Waals surface area contributed by atoms with Crippen LogP contribution in [0.5, 0.6) is 0 Å². The number of ether oxygens (including phenoxy) is 1. The molecular weight excluding hydrogens is 402 g/mol. The van der Waals surface area contributed by atoms with Gasteiger partial charge in [0.15, 0.2) is 0 Å². The SMILES string of the molecule is Cc1onc(-c2ccccc2)c1-c1cn(-c2ncccn2)c(COCc2ccccc2)n1. The molecule has 32 heavy (non-hydrogen) atoms. The summed E-state index contributed by atoms with van der Waals surface area (Å²) in [6.45, 7) is 2.68. The highest BCUT2D eigenvalue weighted by Gasteiger charge is 2.21. The van der Waals surface area contributed by atoms with Crippen molar-refractivity contribution in [1.29, 1.82) is 0 Å². The third-order valence-electron chi connectivity index (χ3n) is 5.06. The third kappa shape index (κ3) is 4.06. The molecule has 0 amide bonds. The third-order valence-corrected chi connectivity index (χ3v) is 5.06. The second-order valence-electron chi connectivity index (χ2n) is 7.27. The lowest BCUT2D eigenvalue weighted by Crippen LogP contribution is -2.06. The Morgan fingerprint density at radius 1 is 0.875 bits per heavy atom. The second-order valence-corrected chi connectivity index (χ2v) is 7.27. The summed E-state index contributed by atoms with van der Waals surface area (Å²) in [5.41, 5.74) is 4.39. The molecule has 7 heteroatoms. The van der Waals surface area contributed by atoms with Crippen molar-refractivity contribution >= 4 is 0 Å². The second kappa shape index (κ2) is 8.95. The molecule has 0 N–H and O–H groups in total. The van der Waals surface area contributed by atoms with Gasteiger partial charge in [-0.25, -0.2) is 15.0 Å². The Hall–Kier alpha value is -4.10. The van der Waals surface area contributed by atoms with Gasteiger partial charge in [-0.3, -0.25) is 4.57 Å². The molecule has 0 spiro atoms. The topological polar surface area (TPSA) is 78.9 Å². The van der Waals surface area contributed by atoms with E-state index in [-0.39, 0.29) is 0 Å². The maximum atomic E-state index is 5.97. The zero-order valence-corrected chi connectivity index (χ0v) is 17.5. The Morgan fingerprint density at radius 3 is 2.34 bits per heavy atom. The monoisotopic (exact) mass is 423 g/mol. The van der Waals surface area contributed by atoms with Crippen molar-refractivity contribution in [3.8, 4) is 28.5 Å². The first-order valence-electron chi connectivity index (χ1n) is 10.3. The molecule has 0 saturated heterocycles. The van der Waals surface area contributed by atoms with E-state index in [1.54, 1.807) is 18.5 Å². The first kappa shape index (κ1) is 19.8. The van der Waals surface area contributed by atoms with Gasteiger partial charge in [0.2, 0.25) is 5.95 Å². The summed E-state index contributed by atoms with van der Waals surface area (Å²) in [5.74, 6) is 1.92. The van der Waals surface area contributed by atoms with Gasteiger partial charge in [0, 0.05) is 24.2 Å². The quantitative estimate of drug-likeness (QED) is 0.366. The van der Waals surface area contributed by atoms with E-state index in [1.165, 1.54) is 0 Å². The number of rotatable bonds is 7. The molecule has 0 radical (unpaired) electrons. The molecule has 5 aromatic rings. The first-order valence-corrected chi connectivity index (χ1v) is 10.3. The fourth-order valence-corrected chi connectivity index (χ4v) is 3.53. The molecule has 158 valence electrons. The zero-order chi connectivity index (χ0) is 21.8. The van der Waals surface area contributed by atoms with Gasteiger partial charge >= 0.3 is 0 Å². The van der Waals surface area contributed by atoms with Crippen LogP contribution in [-0.2, 0) is 18.0 Å². The van der Waals surface area contributed by atoms with Gasteiger partial charge in [-0.1, -0.05) is 65.8 Å². The Bertz CT molecular complexity index is 1300. The van der Waals surface area contributed by atoms with E-state index in [1.807, 2.05) is 78.4 Å². The van der Waals surface area contributed by atoms with E-state index in [0.717, 1.165) is 28.1 Å². The van der Waals surface area contributed by atoms with Gasteiger partial charge in [-0.05, 0) is 18.6 Å². The van der Waals surface area contributed by atoms with Crippen LogP contribution >= 0.6 is 0 Å². The molecule has 0 fully saturated rings. The van der Waals surface area contributed by atoms with E-state index in [9.17, 15) is 0 Å². The molecule has 3 heterocycles. The van der Waals surface area contributed by atoms with Crippen LogP contribution in [0.3, 0.4) is 0 Å². The number of nitrogens with zero attached hydrogens (tertiary/aromatic N) is 5. The first-order chi connectivity index (χ1) is 15.8. The summed E-state index contributed by atoms with van der Waals surface area (Å²) in [6, 6.07) is 21.8. The van der Waals surface area contributed by atoms with Crippen molar-refractivity contribution in [2.75, 3.05) is 0 Å². The van der Waals surface area contributed by atoms with Crippen molar-refractivity contribution in [1.82, 2.24) is 24.7 Å². The van der Waals surface area contributed by atoms with Gasteiger partial charge < -0.3 is 9.26 Å². The summed E-state index contributed by atoms with van der Waals surface area (Å²) in [5, 5.41) is 4.29. The van der Waals surface area contributed by atoms with Crippen LogP contribution in [0.4, 0.5) is 0 Å². The molecule has 5 rings (SSSR count). The summed E-state index contributed by atoms with van der Waals surface area (Å²) < 4.78 is 13.4. The van der Waals surface area contributed by atoms with Crippen molar-refractivity contribution in [2.45, 2.75) is 20.1 Å². The normalized spacial score (nSPS) is 11.0. The van der Waals surface area contributed by atoms with Crippen LogP contribution < -0.4 is 0 Å². The van der Waals surface area contributed by atoms with E-state index < -0.39 is 0 Å². The fourth-order valence-electron chi connectivity index (χ4n) is 3.53. The molecule has 2 aromatic carbocycles. The van der Waals surface area contributed by atoms with Crippen LogP contribution in [0, 0.1) is 6.92 Å². The average Bonchev–Trinajstić information content (AvgIpc) is 3.44. The summed E-state index contributed by atoms with van der Waals surface area (Å²) >= 11 is 0.